The molecule has 4 rings (SSSR count). The van der Waals surface area contributed by atoms with Crippen LogP contribution in [0.25, 0.3) is 11.1 Å². The van der Waals surface area contributed by atoms with Gasteiger partial charge in [-0.2, -0.15) is 0 Å². The van der Waals surface area contributed by atoms with Gasteiger partial charge in [0, 0.05) is 41.3 Å². The molecule has 0 bridgehead atoms. The first-order valence-electron chi connectivity index (χ1n) is 8.37. The van der Waals surface area contributed by atoms with E-state index in [4.69, 9.17) is 5.11 Å². The lowest BCUT2D eigenvalue weighted by Crippen LogP contribution is -2.07. The fourth-order valence-corrected chi connectivity index (χ4v) is 2.62. The van der Waals surface area contributed by atoms with Crippen LogP contribution in [-0.2, 0) is 11.3 Å². The van der Waals surface area contributed by atoms with Crippen molar-refractivity contribution >= 4 is 11.7 Å². The second-order valence-corrected chi connectivity index (χ2v) is 5.67. The van der Waals surface area contributed by atoms with E-state index < -0.39 is 5.97 Å². The molecule has 0 saturated heterocycles. The molecule has 0 radical (unpaired) electrons. The van der Waals surface area contributed by atoms with Gasteiger partial charge in [-0.15, -0.1) is 0 Å². The molecule has 0 spiro atoms. The maximum absolute atomic E-state index is 9.37. The molecule has 5 nitrogen and oxygen atoms in total. The minimum atomic E-state index is -0.745. The van der Waals surface area contributed by atoms with E-state index in [-0.39, 0.29) is 6.42 Å². The number of carboxylic acids is 1. The van der Waals surface area contributed by atoms with E-state index in [1.165, 1.54) is 16.8 Å². The smallest absolute Gasteiger partial charge is 0.303 e. The van der Waals surface area contributed by atoms with Crippen molar-refractivity contribution in [1.29, 1.82) is 0 Å². The zero-order valence-electron chi connectivity index (χ0n) is 14.4. The summed E-state index contributed by atoms with van der Waals surface area (Å²) in [4.78, 5) is 16.9. The van der Waals surface area contributed by atoms with Gasteiger partial charge in [-0.1, -0.05) is 37.1 Å². The van der Waals surface area contributed by atoms with Crippen LogP contribution in [0.4, 0.5) is 5.69 Å². The Morgan fingerprint density at radius 1 is 1.19 bits per heavy atom. The molecule has 3 heterocycles. The third-order valence-corrected chi connectivity index (χ3v) is 3.91. The van der Waals surface area contributed by atoms with Crippen LogP contribution in [0.3, 0.4) is 0 Å². The Balaban J connectivity index is 0.000000349. The first-order chi connectivity index (χ1) is 12.7. The van der Waals surface area contributed by atoms with Crippen LogP contribution in [0.1, 0.15) is 30.3 Å². The number of pyridine rings is 1. The Kier molecular flexibility index (Phi) is 5.35. The maximum atomic E-state index is 9.37. The standard InChI is InChI=1S/C18H13N3.C3H6O2/c1-2-7-16-15(6-1)18-13(11-20-17(18)12-21-16)8-9-14-5-3-4-10-19-14;1-2-3(4)5/h1-7,10-11,20-21H,12H2;2H2,1H3,(H,4,5). The number of nitrogens with zero attached hydrogens (tertiary/aromatic N) is 1. The van der Waals surface area contributed by atoms with Gasteiger partial charge < -0.3 is 15.4 Å². The van der Waals surface area contributed by atoms with Crippen molar-refractivity contribution in [2.45, 2.75) is 19.9 Å². The summed E-state index contributed by atoms with van der Waals surface area (Å²) in [5.41, 5.74) is 6.54. The Morgan fingerprint density at radius 3 is 2.69 bits per heavy atom. The van der Waals surface area contributed by atoms with Crippen LogP contribution in [0.15, 0.2) is 54.9 Å². The molecule has 0 amide bonds. The Hall–Kier alpha value is -3.52. The number of fused-ring (bicyclic) bond motifs is 3. The van der Waals surface area contributed by atoms with Crippen LogP contribution in [0.5, 0.6) is 0 Å². The molecular formula is C21H19N3O2. The molecule has 1 aromatic carbocycles. The number of aliphatic carboxylic acids is 1. The monoisotopic (exact) mass is 345 g/mol. The summed E-state index contributed by atoms with van der Waals surface area (Å²) in [6.07, 6.45) is 3.96. The van der Waals surface area contributed by atoms with E-state index in [0.29, 0.717) is 0 Å². The second kappa shape index (κ2) is 8.04. The minimum absolute atomic E-state index is 0.222. The number of nitrogens with one attached hydrogen (secondary N) is 2. The number of carboxylic acid groups (broad SMARTS) is 1. The summed E-state index contributed by atoms with van der Waals surface area (Å²) in [5, 5.41) is 11.1. The van der Waals surface area contributed by atoms with E-state index >= 15 is 0 Å². The molecule has 0 saturated carbocycles. The summed E-state index contributed by atoms with van der Waals surface area (Å²) in [6.45, 7) is 2.40. The topological polar surface area (TPSA) is 78.0 Å². The van der Waals surface area contributed by atoms with Crippen LogP contribution < -0.4 is 5.32 Å². The molecule has 2 aromatic heterocycles. The highest BCUT2D eigenvalue weighted by molar-refractivity contribution is 5.86. The highest BCUT2D eigenvalue weighted by Crippen LogP contribution is 2.37. The van der Waals surface area contributed by atoms with Gasteiger partial charge in [-0.3, -0.25) is 4.79 Å². The zero-order chi connectivity index (χ0) is 18.4. The van der Waals surface area contributed by atoms with E-state index in [2.05, 4.69) is 45.3 Å². The lowest BCUT2D eigenvalue weighted by Gasteiger charge is -2.18. The van der Waals surface area contributed by atoms with E-state index in [9.17, 15) is 4.79 Å². The van der Waals surface area contributed by atoms with Gasteiger partial charge in [-0.25, -0.2) is 4.98 Å². The van der Waals surface area contributed by atoms with Crippen LogP contribution in [0, 0.1) is 11.8 Å². The average molecular weight is 345 g/mol. The second-order valence-electron chi connectivity index (χ2n) is 5.67. The molecule has 3 aromatic rings. The largest absolute Gasteiger partial charge is 0.481 e. The summed E-state index contributed by atoms with van der Waals surface area (Å²) < 4.78 is 0. The number of aromatic amines is 1. The first kappa shape index (κ1) is 17.3. The molecule has 0 fully saturated rings. The predicted octanol–water partition coefficient (Wildman–Crippen LogP) is 3.88. The molecule has 0 atom stereocenters. The van der Waals surface area contributed by atoms with Crippen molar-refractivity contribution in [3.63, 3.8) is 0 Å². The van der Waals surface area contributed by atoms with Crippen LogP contribution >= 0.6 is 0 Å². The number of rotatable bonds is 1. The Bertz CT molecular complexity index is 966. The summed E-state index contributed by atoms with van der Waals surface area (Å²) in [5.74, 6) is 5.62. The van der Waals surface area contributed by atoms with Crippen LogP contribution in [-0.4, -0.2) is 21.0 Å². The summed E-state index contributed by atoms with van der Waals surface area (Å²) in [6, 6.07) is 14.1. The Labute approximate surface area is 152 Å². The quantitative estimate of drug-likeness (QED) is 0.585. The van der Waals surface area contributed by atoms with Crippen molar-refractivity contribution in [3.8, 4) is 23.0 Å². The zero-order valence-corrected chi connectivity index (χ0v) is 14.4. The van der Waals surface area contributed by atoms with Gasteiger partial charge >= 0.3 is 5.97 Å². The van der Waals surface area contributed by atoms with Crippen molar-refractivity contribution < 1.29 is 9.90 Å². The van der Waals surface area contributed by atoms with Crippen molar-refractivity contribution in [2.75, 3.05) is 5.32 Å². The molecule has 5 heteroatoms. The molecule has 26 heavy (non-hydrogen) atoms. The van der Waals surface area contributed by atoms with Crippen molar-refractivity contribution in [2.24, 2.45) is 0 Å². The van der Waals surface area contributed by atoms with Gasteiger partial charge in [0.2, 0.25) is 0 Å². The van der Waals surface area contributed by atoms with E-state index in [1.54, 1.807) is 13.1 Å². The third kappa shape index (κ3) is 3.93. The van der Waals surface area contributed by atoms with Gasteiger partial charge in [0.05, 0.1) is 12.1 Å². The molecule has 130 valence electrons. The number of anilines is 1. The average Bonchev–Trinajstić information content (AvgIpc) is 3.11. The molecule has 1 aliphatic heterocycles. The number of benzene rings is 1. The van der Waals surface area contributed by atoms with Gasteiger partial charge in [0.1, 0.15) is 5.69 Å². The normalized spacial score (nSPS) is 10.8. The molecular weight excluding hydrogens is 326 g/mol. The number of para-hydroxylation sites is 1. The highest BCUT2D eigenvalue weighted by atomic mass is 16.4. The lowest BCUT2D eigenvalue weighted by molar-refractivity contribution is -0.136. The molecule has 3 N–H and O–H groups in total. The van der Waals surface area contributed by atoms with Gasteiger partial charge in [-0.05, 0) is 24.1 Å². The summed E-state index contributed by atoms with van der Waals surface area (Å²) in [7, 11) is 0. The lowest BCUT2D eigenvalue weighted by atomic mass is 9.97. The van der Waals surface area contributed by atoms with E-state index in [0.717, 1.165) is 23.5 Å². The SMILES string of the molecule is C(#Cc1c[nH]c2c1-c1ccccc1NC2)c1ccccn1.CCC(=O)O. The fraction of sp³-hybridized carbons (Fsp3) is 0.143. The van der Waals surface area contributed by atoms with Crippen molar-refractivity contribution in [3.05, 3.63) is 71.8 Å². The molecule has 0 aliphatic carbocycles. The van der Waals surface area contributed by atoms with Gasteiger partial charge in [0.15, 0.2) is 0 Å². The predicted molar refractivity (Wildman–Crippen MR) is 102 cm³/mol. The van der Waals surface area contributed by atoms with Gasteiger partial charge in [0.25, 0.3) is 0 Å². The number of hydrogen-bond donors (Lipinski definition) is 3. The minimum Gasteiger partial charge on any atom is -0.481 e. The third-order valence-electron chi connectivity index (χ3n) is 3.91. The number of carbonyl (C=O) groups is 1. The van der Waals surface area contributed by atoms with E-state index in [1.807, 2.05) is 30.5 Å². The Morgan fingerprint density at radius 2 is 1.96 bits per heavy atom. The molecule has 1 aliphatic rings. The highest BCUT2D eigenvalue weighted by Gasteiger charge is 2.19. The van der Waals surface area contributed by atoms with Crippen LogP contribution in [0.2, 0.25) is 0 Å². The first-order valence-corrected chi connectivity index (χ1v) is 8.37. The number of H-pyrrole nitrogens is 1. The molecule has 0 unspecified atom stereocenters. The number of aromatic nitrogens is 2. The fourth-order valence-electron chi connectivity index (χ4n) is 2.62. The summed E-state index contributed by atoms with van der Waals surface area (Å²) >= 11 is 0. The van der Waals surface area contributed by atoms with Crippen molar-refractivity contribution in [1.82, 2.24) is 9.97 Å². The number of hydrogen-bond acceptors (Lipinski definition) is 3. The maximum Gasteiger partial charge on any atom is 0.303 e.